The topological polar surface area (TPSA) is 55.0 Å². The van der Waals surface area contributed by atoms with Crippen molar-refractivity contribution in [1.82, 2.24) is 4.57 Å². The Balaban J connectivity index is 2.86. The van der Waals surface area contributed by atoms with Gasteiger partial charge in [0.1, 0.15) is 11.8 Å². The van der Waals surface area contributed by atoms with Gasteiger partial charge in [0.2, 0.25) is 0 Å². The molecular weight excluding hydrogens is 168 g/mol. The lowest BCUT2D eigenvalue weighted by Crippen LogP contribution is -2.08. The van der Waals surface area contributed by atoms with Crippen LogP contribution in [0.15, 0.2) is 12.1 Å². The molecule has 0 aliphatic rings. The molecule has 0 aromatic carbocycles. The first-order chi connectivity index (χ1) is 6.19. The Morgan fingerprint density at radius 2 is 2.38 bits per heavy atom. The Hall–Kier alpha value is -1.76. The molecular formula is C9H10N2O2. The van der Waals surface area contributed by atoms with Crippen molar-refractivity contribution in [3.05, 3.63) is 23.5 Å². The second-order valence-electron chi connectivity index (χ2n) is 2.63. The third-order valence-electron chi connectivity index (χ3n) is 1.89. The Kier molecular flexibility index (Phi) is 2.70. The van der Waals surface area contributed by atoms with Crippen LogP contribution in [0.5, 0.6) is 0 Å². The molecule has 0 atom stereocenters. The minimum atomic E-state index is -0.300. The van der Waals surface area contributed by atoms with Gasteiger partial charge in [0.15, 0.2) is 0 Å². The lowest BCUT2D eigenvalue weighted by molar-refractivity contribution is -0.139. The van der Waals surface area contributed by atoms with Crippen LogP contribution in [0.3, 0.4) is 0 Å². The Morgan fingerprint density at radius 3 is 2.85 bits per heavy atom. The number of rotatable bonds is 2. The van der Waals surface area contributed by atoms with Crippen molar-refractivity contribution in [2.24, 2.45) is 7.05 Å². The van der Waals surface area contributed by atoms with E-state index in [0.29, 0.717) is 5.69 Å². The average molecular weight is 178 g/mol. The molecule has 1 aromatic heterocycles. The zero-order chi connectivity index (χ0) is 9.84. The number of methoxy groups -OCH3 is 1. The SMILES string of the molecule is COC(=O)Cc1ccc(C#N)n1C. The van der Waals surface area contributed by atoms with Crippen LogP contribution in [-0.2, 0) is 23.0 Å². The summed E-state index contributed by atoms with van der Waals surface area (Å²) in [5.41, 5.74) is 1.32. The van der Waals surface area contributed by atoms with Crippen LogP contribution in [0, 0.1) is 11.3 Å². The van der Waals surface area contributed by atoms with Crippen molar-refractivity contribution in [3.8, 4) is 6.07 Å². The molecule has 0 spiro atoms. The smallest absolute Gasteiger partial charge is 0.311 e. The van der Waals surface area contributed by atoms with Crippen LogP contribution >= 0.6 is 0 Å². The van der Waals surface area contributed by atoms with Crippen LogP contribution < -0.4 is 0 Å². The van der Waals surface area contributed by atoms with E-state index >= 15 is 0 Å². The van der Waals surface area contributed by atoms with Gasteiger partial charge in [-0.05, 0) is 12.1 Å². The molecule has 4 nitrogen and oxygen atoms in total. The van der Waals surface area contributed by atoms with Gasteiger partial charge >= 0.3 is 5.97 Å². The van der Waals surface area contributed by atoms with E-state index in [2.05, 4.69) is 4.74 Å². The molecule has 0 aliphatic heterocycles. The quantitative estimate of drug-likeness (QED) is 0.623. The molecule has 0 unspecified atom stereocenters. The van der Waals surface area contributed by atoms with Gasteiger partial charge in [-0.15, -0.1) is 0 Å². The Morgan fingerprint density at radius 1 is 1.69 bits per heavy atom. The van der Waals surface area contributed by atoms with Crippen LogP contribution in [0.4, 0.5) is 0 Å². The zero-order valence-electron chi connectivity index (χ0n) is 7.57. The third kappa shape index (κ3) is 1.88. The van der Waals surface area contributed by atoms with Crippen molar-refractivity contribution in [2.45, 2.75) is 6.42 Å². The number of hydrogen-bond donors (Lipinski definition) is 0. The summed E-state index contributed by atoms with van der Waals surface area (Å²) < 4.78 is 6.19. The number of esters is 1. The average Bonchev–Trinajstić information content (AvgIpc) is 2.48. The summed E-state index contributed by atoms with van der Waals surface area (Å²) in [6.07, 6.45) is 0.203. The van der Waals surface area contributed by atoms with Crippen LogP contribution in [0.1, 0.15) is 11.4 Å². The van der Waals surface area contributed by atoms with Crippen LogP contribution in [0.25, 0.3) is 0 Å². The highest BCUT2D eigenvalue weighted by molar-refractivity contribution is 5.72. The van der Waals surface area contributed by atoms with Gasteiger partial charge in [-0.1, -0.05) is 0 Å². The number of nitrogens with zero attached hydrogens (tertiary/aromatic N) is 2. The minimum absolute atomic E-state index is 0.203. The van der Waals surface area contributed by atoms with E-state index in [-0.39, 0.29) is 12.4 Å². The lowest BCUT2D eigenvalue weighted by atomic mass is 10.3. The fourth-order valence-corrected chi connectivity index (χ4v) is 1.06. The molecule has 0 aliphatic carbocycles. The summed E-state index contributed by atoms with van der Waals surface area (Å²) in [5, 5.41) is 8.64. The fourth-order valence-electron chi connectivity index (χ4n) is 1.06. The number of aromatic nitrogens is 1. The van der Waals surface area contributed by atoms with Gasteiger partial charge in [-0.25, -0.2) is 0 Å². The highest BCUT2D eigenvalue weighted by Gasteiger charge is 2.08. The normalized spacial score (nSPS) is 9.31. The third-order valence-corrected chi connectivity index (χ3v) is 1.89. The number of nitriles is 1. The predicted octanol–water partition coefficient (Wildman–Crippen LogP) is 0.612. The van der Waals surface area contributed by atoms with E-state index in [1.807, 2.05) is 6.07 Å². The molecule has 0 fully saturated rings. The highest BCUT2D eigenvalue weighted by Crippen LogP contribution is 2.06. The lowest BCUT2D eigenvalue weighted by Gasteiger charge is -2.01. The predicted molar refractivity (Wildman–Crippen MR) is 45.8 cm³/mol. The largest absolute Gasteiger partial charge is 0.469 e. The molecule has 0 saturated heterocycles. The molecule has 0 amide bonds. The second-order valence-corrected chi connectivity index (χ2v) is 2.63. The standard InChI is InChI=1S/C9H10N2O2/c1-11-7(5-9(12)13-2)3-4-8(11)6-10/h3-4H,5H2,1-2H3. The van der Waals surface area contributed by atoms with E-state index in [1.54, 1.807) is 23.7 Å². The molecule has 1 heterocycles. The van der Waals surface area contributed by atoms with Crippen molar-refractivity contribution in [1.29, 1.82) is 5.26 Å². The van der Waals surface area contributed by atoms with E-state index in [4.69, 9.17) is 5.26 Å². The molecule has 4 heteroatoms. The van der Waals surface area contributed by atoms with Gasteiger partial charge in [-0.3, -0.25) is 4.79 Å². The fraction of sp³-hybridized carbons (Fsp3) is 0.333. The summed E-state index contributed by atoms with van der Waals surface area (Å²) in [4.78, 5) is 10.9. The second kappa shape index (κ2) is 3.76. The molecule has 13 heavy (non-hydrogen) atoms. The number of carbonyl (C=O) groups is 1. The van der Waals surface area contributed by atoms with E-state index in [9.17, 15) is 4.79 Å². The summed E-state index contributed by atoms with van der Waals surface area (Å²) in [5.74, 6) is -0.300. The maximum atomic E-state index is 10.9. The van der Waals surface area contributed by atoms with Crippen molar-refractivity contribution < 1.29 is 9.53 Å². The van der Waals surface area contributed by atoms with Crippen molar-refractivity contribution in [2.75, 3.05) is 7.11 Å². The first-order valence-corrected chi connectivity index (χ1v) is 3.80. The van der Waals surface area contributed by atoms with Crippen molar-refractivity contribution >= 4 is 5.97 Å². The van der Waals surface area contributed by atoms with E-state index in [1.165, 1.54) is 7.11 Å². The molecule has 0 N–H and O–H groups in total. The number of hydrogen-bond acceptors (Lipinski definition) is 3. The molecule has 0 radical (unpaired) electrons. The summed E-state index contributed by atoms with van der Waals surface area (Å²) >= 11 is 0. The molecule has 1 rings (SSSR count). The number of carbonyl (C=O) groups excluding carboxylic acids is 1. The summed E-state index contributed by atoms with van der Waals surface area (Å²) in [6, 6.07) is 5.44. The highest BCUT2D eigenvalue weighted by atomic mass is 16.5. The Bertz CT molecular complexity index is 360. The summed E-state index contributed by atoms with van der Waals surface area (Å²) in [6.45, 7) is 0. The minimum Gasteiger partial charge on any atom is -0.469 e. The summed E-state index contributed by atoms with van der Waals surface area (Å²) in [7, 11) is 3.09. The Labute approximate surface area is 76.3 Å². The van der Waals surface area contributed by atoms with E-state index < -0.39 is 0 Å². The zero-order valence-corrected chi connectivity index (χ0v) is 7.57. The first kappa shape index (κ1) is 9.33. The van der Waals surface area contributed by atoms with Crippen molar-refractivity contribution in [3.63, 3.8) is 0 Å². The maximum Gasteiger partial charge on any atom is 0.311 e. The van der Waals surface area contributed by atoms with Crippen LogP contribution in [-0.4, -0.2) is 17.6 Å². The molecule has 1 aromatic rings. The van der Waals surface area contributed by atoms with Gasteiger partial charge in [0.05, 0.1) is 13.5 Å². The molecule has 0 bridgehead atoms. The maximum absolute atomic E-state index is 10.9. The van der Waals surface area contributed by atoms with Crippen LogP contribution in [0.2, 0.25) is 0 Å². The molecule has 68 valence electrons. The number of ether oxygens (including phenoxy) is 1. The first-order valence-electron chi connectivity index (χ1n) is 3.80. The van der Waals surface area contributed by atoms with E-state index in [0.717, 1.165) is 5.69 Å². The van der Waals surface area contributed by atoms with Gasteiger partial charge < -0.3 is 9.30 Å². The van der Waals surface area contributed by atoms with Gasteiger partial charge in [0, 0.05) is 12.7 Å². The molecule has 0 saturated carbocycles. The van der Waals surface area contributed by atoms with Gasteiger partial charge in [-0.2, -0.15) is 5.26 Å². The monoisotopic (exact) mass is 178 g/mol. The van der Waals surface area contributed by atoms with Gasteiger partial charge in [0.25, 0.3) is 0 Å².